The molecule has 35 heavy (non-hydrogen) atoms. The SMILES string of the molecule is CCCCC(=O)O.Fc1ccc(CCCC(c2ccc(Cl)cc2)C2CC2)cc1Oc1ccccc1. The fourth-order valence-corrected chi connectivity index (χ4v) is 4.26. The normalized spacial score (nSPS) is 13.5. The Labute approximate surface area is 212 Å². The Hall–Kier alpha value is -2.85. The number of carboxylic acids is 1. The van der Waals surface area contributed by atoms with Gasteiger partial charge < -0.3 is 9.84 Å². The van der Waals surface area contributed by atoms with Crippen LogP contribution in [0.5, 0.6) is 11.5 Å². The van der Waals surface area contributed by atoms with Gasteiger partial charge in [0, 0.05) is 11.4 Å². The first-order chi connectivity index (χ1) is 17.0. The van der Waals surface area contributed by atoms with E-state index in [0.717, 1.165) is 48.6 Å². The highest BCUT2D eigenvalue weighted by Gasteiger charge is 2.31. The van der Waals surface area contributed by atoms with E-state index in [2.05, 4.69) is 12.1 Å². The molecule has 1 fully saturated rings. The van der Waals surface area contributed by atoms with E-state index in [4.69, 9.17) is 21.4 Å². The lowest BCUT2D eigenvalue weighted by atomic mass is 9.88. The zero-order chi connectivity index (χ0) is 25.0. The maximum absolute atomic E-state index is 14.1. The van der Waals surface area contributed by atoms with Gasteiger partial charge in [-0.1, -0.05) is 61.3 Å². The van der Waals surface area contributed by atoms with Crippen molar-refractivity contribution in [2.45, 2.75) is 64.2 Å². The monoisotopic (exact) mass is 496 g/mol. The average Bonchev–Trinajstić information content (AvgIpc) is 3.70. The Bertz CT molecular complexity index is 1050. The van der Waals surface area contributed by atoms with Crippen LogP contribution in [0.15, 0.2) is 72.8 Å². The van der Waals surface area contributed by atoms with Crippen molar-refractivity contribution in [2.24, 2.45) is 5.92 Å². The molecule has 1 N–H and O–H groups in total. The molecule has 186 valence electrons. The second-order valence-electron chi connectivity index (χ2n) is 9.06. The van der Waals surface area contributed by atoms with Crippen LogP contribution in [0, 0.1) is 11.7 Å². The molecule has 1 atom stereocenters. The second kappa shape index (κ2) is 13.9. The Morgan fingerprint density at radius 2 is 1.77 bits per heavy atom. The number of hydrogen-bond donors (Lipinski definition) is 1. The minimum atomic E-state index is -0.693. The van der Waals surface area contributed by atoms with Crippen molar-refractivity contribution in [3.05, 3.63) is 94.8 Å². The third-order valence-corrected chi connectivity index (χ3v) is 6.43. The summed E-state index contributed by atoms with van der Waals surface area (Å²) in [6, 6.07) is 22.8. The summed E-state index contributed by atoms with van der Waals surface area (Å²) in [6.45, 7) is 1.98. The average molecular weight is 497 g/mol. The van der Waals surface area contributed by atoms with Crippen molar-refractivity contribution in [2.75, 3.05) is 0 Å². The van der Waals surface area contributed by atoms with Crippen LogP contribution < -0.4 is 4.74 Å². The van der Waals surface area contributed by atoms with Crippen LogP contribution in [0.3, 0.4) is 0 Å². The topological polar surface area (TPSA) is 46.5 Å². The molecule has 3 nitrogen and oxygen atoms in total. The van der Waals surface area contributed by atoms with Crippen LogP contribution >= 0.6 is 11.6 Å². The number of benzene rings is 3. The number of aliphatic carboxylic acids is 1. The Morgan fingerprint density at radius 1 is 1.06 bits per heavy atom. The number of para-hydroxylation sites is 1. The maximum atomic E-state index is 14.1. The van der Waals surface area contributed by atoms with Crippen molar-refractivity contribution < 1.29 is 19.0 Å². The van der Waals surface area contributed by atoms with Gasteiger partial charge in [0.2, 0.25) is 0 Å². The summed E-state index contributed by atoms with van der Waals surface area (Å²) in [5, 5.41) is 8.83. The van der Waals surface area contributed by atoms with Gasteiger partial charge in [-0.15, -0.1) is 0 Å². The first kappa shape index (κ1) is 26.7. The third-order valence-electron chi connectivity index (χ3n) is 6.18. The molecule has 0 spiro atoms. The lowest BCUT2D eigenvalue weighted by Gasteiger charge is -2.17. The summed E-state index contributed by atoms with van der Waals surface area (Å²) in [7, 11) is 0. The number of carbonyl (C=O) groups is 1. The molecule has 3 aromatic rings. The molecule has 0 heterocycles. The molecule has 1 aliphatic rings. The number of ether oxygens (including phenoxy) is 1. The van der Waals surface area contributed by atoms with Gasteiger partial charge in [0.1, 0.15) is 5.75 Å². The molecule has 1 aliphatic carbocycles. The highest BCUT2D eigenvalue weighted by atomic mass is 35.5. The van der Waals surface area contributed by atoms with Gasteiger partial charge in [-0.2, -0.15) is 0 Å². The van der Waals surface area contributed by atoms with E-state index in [-0.39, 0.29) is 5.82 Å². The molecule has 0 saturated heterocycles. The summed E-state index contributed by atoms with van der Waals surface area (Å²) >= 11 is 6.04. The Kier molecular flexibility index (Phi) is 10.6. The third kappa shape index (κ3) is 9.37. The lowest BCUT2D eigenvalue weighted by molar-refractivity contribution is -0.137. The van der Waals surface area contributed by atoms with Crippen molar-refractivity contribution in [1.29, 1.82) is 0 Å². The number of unbranched alkanes of at least 4 members (excludes halogenated alkanes) is 1. The van der Waals surface area contributed by atoms with Crippen LogP contribution in [0.4, 0.5) is 4.39 Å². The quantitative estimate of drug-likeness (QED) is 0.288. The molecule has 4 rings (SSSR count). The number of hydrogen-bond acceptors (Lipinski definition) is 2. The maximum Gasteiger partial charge on any atom is 0.303 e. The van der Waals surface area contributed by atoms with Gasteiger partial charge in [0.15, 0.2) is 11.6 Å². The van der Waals surface area contributed by atoms with Gasteiger partial charge in [-0.3, -0.25) is 4.79 Å². The lowest BCUT2D eigenvalue weighted by Crippen LogP contribution is -2.02. The zero-order valence-corrected chi connectivity index (χ0v) is 21.0. The van der Waals surface area contributed by atoms with E-state index in [1.165, 1.54) is 24.5 Å². The van der Waals surface area contributed by atoms with E-state index in [0.29, 0.717) is 23.8 Å². The smallest absolute Gasteiger partial charge is 0.303 e. The number of carboxylic acid groups (broad SMARTS) is 1. The van der Waals surface area contributed by atoms with Crippen molar-refractivity contribution in [3.8, 4) is 11.5 Å². The molecule has 0 bridgehead atoms. The van der Waals surface area contributed by atoms with Crippen molar-refractivity contribution in [1.82, 2.24) is 0 Å². The Balaban J connectivity index is 0.000000429. The number of rotatable bonds is 11. The predicted octanol–water partition coefficient (Wildman–Crippen LogP) is 9.05. The zero-order valence-electron chi connectivity index (χ0n) is 20.3. The molecule has 1 saturated carbocycles. The molecule has 0 amide bonds. The first-order valence-electron chi connectivity index (χ1n) is 12.4. The van der Waals surface area contributed by atoms with Gasteiger partial charge in [0.05, 0.1) is 0 Å². The molecule has 0 aliphatic heterocycles. The standard InChI is InChI=1S/C25H24ClFO.C5H10O2/c26-21-14-12-20(13-15-21)23(19-10-11-19)8-4-5-18-9-16-24(27)25(17-18)28-22-6-2-1-3-7-22;1-2-3-4-5(6)7/h1-3,6-7,9,12-17,19,23H,4-5,8,10-11H2;2-4H2,1H3,(H,6,7). The van der Waals surface area contributed by atoms with Crippen molar-refractivity contribution in [3.63, 3.8) is 0 Å². The highest BCUT2D eigenvalue weighted by molar-refractivity contribution is 6.30. The molecule has 0 aromatic heterocycles. The molecule has 5 heteroatoms. The predicted molar refractivity (Wildman–Crippen MR) is 140 cm³/mol. The second-order valence-corrected chi connectivity index (χ2v) is 9.50. The van der Waals surface area contributed by atoms with E-state index in [1.54, 1.807) is 0 Å². The minimum Gasteiger partial charge on any atom is -0.481 e. The van der Waals surface area contributed by atoms with E-state index in [1.807, 2.05) is 61.5 Å². The summed E-state index contributed by atoms with van der Waals surface area (Å²) in [4.78, 5) is 9.76. The van der Waals surface area contributed by atoms with Crippen molar-refractivity contribution >= 4 is 17.6 Å². The van der Waals surface area contributed by atoms with Crippen LogP contribution in [0.2, 0.25) is 5.02 Å². The Morgan fingerprint density at radius 3 is 2.37 bits per heavy atom. The minimum absolute atomic E-state index is 0.292. The first-order valence-corrected chi connectivity index (χ1v) is 12.8. The van der Waals surface area contributed by atoms with E-state index >= 15 is 0 Å². The molecule has 3 aromatic carbocycles. The summed E-state index contributed by atoms with van der Waals surface area (Å²) in [6.07, 6.45) is 7.84. The molecule has 1 unspecified atom stereocenters. The highest BCUT2D eigenvalue weighted by Crippen LogP contribution is 2.45. The summed E-state index contributed by atoms with van der Waals surface area (Å²) in [5.41, 5.74) is 2.50. The molecular weight excluding hydrogens is 463 g/mol. The van der Waals surface area contributed by atoms with Crippen LogP contribution in [0.1, 0.15) is 68.9 Å². The fourth-order valence-electron chi connectivity index (χ4n) is 4.13. The van der Waals surface area contributed by atoms with Crippen LogP contribution in [0.25, 0.3) is 0 Å². The van der Waals surface area contributed by atoms with E-state index < -0.39 is 5.97 Å². The summed E-state index contributed by atoms with van der Waals surface area (Å²) in [5.74, 6) is 1.31. The van der Waals surface area contributed by atoms with E-state index in [9.17, 15) is 9.18 Å². The molecular formula is C30H34ClFO3. The van der Waals surface area contributed by atoms with Gasteiger partial charge in [0.25, 0.3) is 0 Å². The van der Waals surface area contributed by atoms with Gasteiger partial charge in [-0.05, 0) is 97.9 Å². The number of halogens is 2. The van der Waals surface area contributed by atoms with Crippen LogP contribution in [-0.2, 0) is 11.2 Å². The van der Waals surface area contributed by atoms with Gasteiger partial charge >= 0.3 is 5.97 Å². The summed E-state index contributed by atoms with van der Waals surface area (Å²) < 4.78 is 19.9. The van der Waals surface area contributed by atoms with Gasteiger partial charge in [-0.25, -0.2) is 4.39 Å². The molecule has 0 radical (unpaired) electrons. The number of aryl methyl sites for hydroxylation is 1. The largest absolute Gasteiger partial charge is 0.481 e. The van der Waals surface area contributed by atoms with Crippen LogP contribution in [-0.4, -0.2) is 11.1 Å². The fraction of sp³-hybridized carbons (Fsp3) is 0.367.